The van der Waals surface area contributed by atoms with E-state index >= 15 is 0 Å². The topological polar surface area (TPSA) is 47.9 Å². The van der Waals surface area contributed by atoms with Crippen molar-refractivity contribution in [3.8, 4) is 17.6 Å². The first-order valence-electron chi connectivity index (χ1n) is 11.1. The Morgan fingerprint density at radius 1 is 1.00 bits per heavy atom. The van der Waals surface area contributed by atoms with Gasteiger partial charge in [-0.1, -0.05) is 59.8 Å². The molecule has 33 heavy (non-hydrogen) atoms. The third-order valence-corrected chi connectivity index (χ3v) is 6.57. The molecule has 1 aromatic heterocycles. The molecular weight excluding hydrogens is 456 g/mol. The molecule has 4 rings (SSSR count). The first-order valence-corrected chi connectivity index (χ1v) is 12.4. The molecule has 1 unspecified atom stereocenters. The SMILES string of the molecule is OCc1scc(C#CCc2ccc(COC3CCCCO3)cc2)c1OCc1ccc(Cl)cc1. The van der Waals surface area contributed by atoms with Crippen LogP contribution in [-0.2, 0) is 35.7 Å². The summed E-state index contributed by atoms with van der Waals surface area (Å²) < 4.78 is 17.5. The van der Waals surface area contributed by atoms with Gasteiger partial charge < -0.3 is 19.3 Å². The van der Waals surface area contributed by atoms with Crippen LogP contribution in [-0.4, -0.2) is 18.0 Å². The summed E-state index contributed by atoms with van der Waals surface area (Å²) in [6.45, 7) is 1.67. The first kappa shape index (κ1) is 23.8. The number of rotatable bonds is 8. The molecular formula is C27H27ClO4S. The third kappa shape index (κ3) is 7.07. The van der Waals surface area contributed by atoms with Crippen molar-refractivity contribution in [2.24, 2.45) is 0 Å². The Labute approximate surface area is 204 Å². The van der Waals surface area contributed by atoms with Crippen molar-refractivity contribution in [1.29, 1.82) is 0 Å². The van der Waals surface area contributed by atoms with Gasteiger partial charge in [-0.3, -0.25) is 0 Å². The van der Waals surface area contributed by atoms with Crippen LogP contribution < -0.4 is 4.74 Å². The maximum atomic E-state index is 9.67. The zero-order valence-corrected chi connectivity index (χ0v) is 20.0. The van der Waals surface area contributed by atoms with Gasteiger partial charge in [-0.25, -0.2) is 0 Å². The molecule has 0 saturated carbocycles. The molecule has 2 heterocycles. The molecule has 1 N–H and O–H groups in total. The Kier molecular flexibility index (Phi) is 8.82. The predicted molar refractivity (Wildman–Crippen MR) is 131 cm³/mol. The number of ether oxygens (including phenoxy) is 3. The highest BCUT2D eigenvalue weighted by Crippen LogP contribution is 2.31. The minimum Gasteiger partial charge on any atom is -0.486 e. The van der Waals surface area contributed by atoms with Gasteiger partial charge in [0.2, 0.25) is 0 Å². The molecule has 1 fully saturated rings. The zero-order valence-electron chi connectivity index (χ0n) is 18.4. The van der Waals surface area contributed by atoms with Crippen molar-refractivity contribution in [2.75, 3.05) is 6.61 Å². The molecule has 0 spiro atoms. The van der Waals surface area contributed by atoms with Gasteiger partial charge in [0.1, 0.15) is 6.61 Å². The lowest BCUT2D eigenvalue weighted by Crippen LogP contribution is -2.21. The number of halogens is 1. The molecule has 1 atom stereocenters. The lowest BCUT2D eigenvalue weighted by atomic mass is 10.1. The van der Waals surface area contributed by atoms with E-state index in [0.29, 0.717) is 30.4 Å². The molecule has 4 nitrogen and oxygen atoms in total. The van der Waals surface area contributed by atoms with Crippen LogP contribution >= 0.6 is 22.9 Å². The second-order valence-corrected chi connectivity index (χ2v) is 9.28. The van der Waals surface area contributed by atoms with Crippen LogP contribution in [0.4, 0.5) is 0 Å². The monoisotopic (exact) mass is 482 g/mol. The Balaban J connectivity index is 1.33. The third-order valence-electron chi connectivity index (χ3n) is 5.37. The Morgan fingerprint density at radius 3 is 2.45 bits per heavy atom. The second kappa shape index (κ2) is 12.2. The van der Waals surface area contributed by atoms with Crippen LogP contribution in [0.1, 0.15) is 46.4 Å². The van der Waals surface area contributed by atoms with Gasteiger partial charge in [0, 0.05) is 23.4 Å². The van der Waals surface area contributed by atoms with Crippen molar-refractivity contribution in [1.82, 2.24) is 0 Å². The molecule has 1 saturated heterocycles. The van der Waals surface area contributed by atoms with Crippen molar-refractivity contribution in [3.05, 3.63) is 86.1 Å². The van der Waals surface area contributed by atoms with E-state index in [4.69, 9.17) is 25.8 Å². The lowest BCUT2D eigenvalue weighted by molar-refractivity contribution is -0.168. The Morgan fingerprint density at radius 2 is 1.73 bits per heavy atom. The molecule has 172 valence electrons. The highest BCUT2D eigenvalue weighted by molar-refractivity contribution is 7.10. The normalized spacial score (nSPS) is 15.6. The maximum Gasteiger partial charge on any atom is 0.158 e. The van der Waals surface area contributed by atoms with Gasteiger partial charge in [-0.05, 0) is 48.1 Å². The Bertz CT molecular complexity index is 1070. The number of hydrogen-bond acceptors (Lipinski definition) is 5. The first-order chi connectivity index (χ1) is 16.2. The smallest absolute Gasteiger partial charge is 0.158 e. The molecule has 0 radical (unpaired) electrons. The van der Waals surface area contributed by atoms with Gasteiger partial charge in [0.05, 0.1) is 23.7 Å². The number of aliphatic hydroxyl groups is 1. The lowest BCUT2D eigenvalue weighted by Gasteiger charge is -2.22. The van der Waals surface area contributed by atoms with E-state index in [9.17, 15) is 5.11 Å². The molecule has 0 aliphatic carbocycles. The van der Waals surface area contributed by atoms with Crippen molar-refractivity contribution in [2.45, 2.75) is 51.8 Å². The van der Waals surface area contributed by atoms with Crippen LogP contribution in [0.2, 0.25) is 5.02 Å². The summed E-state index contributed by atoms with van der Waals surface area (Å²) >= 11 is 7.40. The zero-order chi connectivity index (χ0) is 22.9. The van der Waals surface area contributed by atoms with E-state index in [0.717, 1.165) is 46.6 Å². The van der Waals surface area contributed by atoms with Crippen LogP contribution in [0.5, 0.6) is 5.75 Å². The average Bonchev–Trinajstić information content (AvgIpc) is 3.25. The van der Waals surface area contributed by atoms with E-state index in [2.05, 4.69) is 36.1 Å². The van der Waals surface area contributed by atoms with E-state index in [1.807, 2.05) is 29.6 Å². The van der Waals surface area contributed by atoms with Crippen LogP contribution in [0.15, 0.2) is 53.9 Å². The summed E-state index contributed by atoms with van der Waals surface area (Å²) in [5.41, 5.74) is 4.08. The largest absolute Gasteiger partial charge is 0.486 e. The highest BCUT2D eigenvalue weighted by atomic mass is 35.5. The van der Waals surface area contributed by atoms with Gasteiger partial charge in [0.25, 0.3) is 0 Å². The van der Waals surface area contributed by atoms with Gasteiger partial charge in [-0.15, -0.1) is 11.3 Å². The standard InChI is InChI=1S/C27H27ClO4S/c28-24-13-11-22(12-14-24)18-32-27-23(19-33-25(27)16-29)5-3-4-20-7-9-21(10-8-20)17-31-26-6-1-2-15-30-26/h7-14,19,26,29H,1-2,4,6,15-18H2. The molecule has 1 aliphatic rings. The number of benzene rings is 2. The molecule has 6 heteroatoms. The fourth-order valence-electron chi connectivity index (χ4n) is 3.50. The highest BCUT2D eigenvalue weighted by Gasteiger charge is 2.14. The summed E-state index contributed by atoms with van der Waals surface area (Å²) in [6, 6.07) is 15.8. The van der Waals surface area contributed by atoms with Gasteiger partial charge >= 0.3 is 0 Å². The summed E-state index contributed by atoms with van der Waals surface area (Å²) in [6.07, 6.45) is 3.82. The van der Waals surface area contributed by atoms with E-state index in [1.54, 1.807) is 0 Å². The minimum atomic E-state index is -0.0742. The minimum absolute atomic E-state index is 0.0717. The second-order valence-electron chi connectivity index (χ2n) is 7.88. The summed E-state index contributed by atoms with van der Waals surface area (Å²) in [4.78, 5) is 0.777. The van der Waals surface area contributed by atoms with Crippen LogP contribution in [0, 0.1) is 11.8 Å². The number of thiophene rings is 1. The molecule has 1 aliphatic heterocycles. The van der Waals surface area contributed by atoms with Gasteiger partial charge in [0.15, 0.2) is 12.0 Å². The molecule has 3 aromatic rings. The fourth-order valence-corrected chi connectivity index (χ4v) is 4.41. The maximum absolute atomic E-state index is 9.67. The van der Waals surface area contributed by atoms with Crippen LogP contribution in [0.25, 0.3) is 0 Å². The summed E-state index contributed by atoms with van der Waals surface area (Å²) in [5.74, 6) is 7.09. The number of aliphatic hydroxyl groups excluding tert-OH is 1. The van der Waals surface area contributed by atoms with E-state index in [1.165, 1.54) is 17.8 Å². The summed E-state index contributed by atoms with van der Waals surface area (Å²) in [7, 11) is 0. The fraction of sp³-hybridized carbons (Fsp3) is 0.333. The van der Waals surface area contributed by atoms with Gasteiger partial charge in [-0.2, -0.15) is 0 Å². The predicted octanol–water partition coefficient (Wildman–Crippen LogP) is 6.11. The average molecular weight is 483 g/mol. The molecule has 0 amide bonds. The van der Waals surface area contributed by atoms with Crippen LogP contribution in [0.3, 0.4) is 0 Å². The summed E-state index contributed by atoms with van der Waals surface area (Å²) in [5, 5.41) is 12.3. The van der Waals surface area contributed by atoms with E-state index < -0.39 is 0 Å². The number of hydrogen-bond donors (Lipinski definition) is 1. The van der Waals surface area contributed by atoms with Crippen molar-refractivity contribution >= 4 is 22.9 Å². The van der Waals surface area contributed by atoms with Crippen molar-refractivity contribution in [3.63, 3.8) is 0 Å². The Hall–Kier alpha value is -2.33. The quantitative estimate of drug-likeness (QED) is 0.393. The molecule has 2 aromatic carbocycles. The van der Waals surface area contributed by atoms with E-state index in [-0.39, 0.29) is 12.9 Å². The molecule has 0 bridgehead atoms. The van der Waals surface area contributed by atoms with Crippen molar-refractivity contribution < 1.29 is 19.3 Å².